The number of benzene rings is 1. The lowest BCUT2D eigenvalue weighted by atomic mass is 10.0. The van der Waals surface area contributed by atoms with Crippen LogP contribution < -0.4 is 5.32 Å². The van der Waals surface area contributed by atoms with Gasteiger partial charge in [0.2, 0.25) is 11.8 Å². The molecule has 2 aliphatic rings. The Balaban J connectivity index is 1.49. The van der Waals surface area contributed by atoms with Crippen LogP contribution in [0, 0.1) is 0 Å². The summed E-state index contributed by atoms with van der Waals surface area (Å²) in [6.07, 6.45) is 2.48. The average Bonchev–Trinajstić information content (AvgIpc) is 3.23. The van der Waals surface area contributed by atoms with Crippen LogP contribution in [0.4, 0.5) is 0 Å². The Labute approximate surface area is 153 Å². The largest absolute Gasteiger partial charge is 0.322 e. The number of fused-ring (bicyclic) bond motifs is 2. The number of carbonyl (C=O) groups is 3. The maximum atomic E-state index is 12.8. The van der Waals surface area contributed by atoms with Crippen molar-refractivity contribution in [3.8, 4) is 11.4 Å². The van der Waals surface area contributed by atoms with Gasteiger partial charge in [0.25, 0.3) is 5.91 Å². The van der Waals surface area contributed by atoms with Gasteiger partial charge in [0.05, 0.1) is 0 Å². The van der Waals surface area contributed by atoms with E-state index in [-0.39, 0.29) is 18.2 Å². The summed E-state index contributed by atoms with van der Waals surface area (Å²) in [5, 5.41) is 10.7. The number of nitrogens with one attached hydrogen (secondary N) is 1. The van der Waals surface area contributed by atoms with Crippen molar-refractivity contribution >= 4 is 23.4 Å². The van der Waals surface area contributed by atoms with Gasteiger partial charge >= 0.3 is 0 Å². The Morgan fingerprint density at radius 1 is 1.07 bits per heavy atom. The lowest BCUT2D eigenvalue weighted by molar-refractivity contribution is -0.136. The van der Waals surface area contributed by atoms with Crippen molar-refractivity contribution in [2.24, 2.45) is 0 Å². The number of pyridine rings is 1. The van der Waals surface area contributed by atoms with Crippen LogP contribution in [0.2, 0.25) is 0 Å². The molecule has 3 amide bonds. The van der Waals surface area contributed by atoms with E-state index < -0.39 is 11.9 Å². The molecule has 0 spiro atoms. The number of rotatable bonds is 2. The van der Waals surface area contributed by atoms with Crippen molar-refractivity contribution in [3.05, 3.63) is 53.7 Å². The minimum absolute atomic E-state index is 0.183. The second-order valence-electron chi connectivity index (χ2n) is 6.72. The third kappa shape index (κ3) is 2.41. The summed E-state index contributed by atoms with van der Waals surface area (Å²) in [4.78, 5) is 37.8. The molecule has 4 heterocycles. The normalized spacial score (nSPS) is 19.5. The maximum Gasteiger partial charge on any atom is 0.255 e. The first-order valence-electron chi connectivity index (χ1n) is 8.69. The highest BCUT2D eigenvalue weighted by molar-refractivity contribution is 6.05. The van der Waals surface area contributed by atoms with E-state index in [4.69, 9.17) is 0 Å². The van der Waals surface area contributed by atoms with E-state index in [2.05, 4.69) is 15.5 Å². The van der Waals surface area contributed by atoms with E-state index in [0.717, 1.165) is 16.8 Å². The highest BCUT2D eigenvalue weighted by atomic mass is 16.2. The van der Waals surface area contributed by atoms with Gasteiger partial charge in [-0.2, -0.15) is 0 Å². The molecule has 1 N–H and O–H groups in total. The van der Waals surface area contributed by atoms with Crippen LogP contribution in [0.1, 0.15) is 28.8 Å². The number of carbonyl (C=O) groups excluding carboxylic acids is 3. The zero-order chi connectivity index (χ0) is 18.5. The first-order chi connectivity index (χ1) is 13.1. The van der Waals surface area contributed by atoms with Crippen molar-refractivity contribution in [3.63, 3.8) is 0 Å². The molecule has 1 atom stereocenters. The number of aromatic nitrogens is 3. The van der Waals surface area contributed by atoms with Gasteiger partial charge in [0.15, 0.2) is 11.5 Å². The first kappa shape index (κ1) is 15.7. The summed E-state index contributed by atoms with van der Waals surface area (Å²) in [7, 11) is 0. The fourth-order valence-corrected chi connectivity index (χ4v) is 3.75. The van der Waals surface area contributed by atoms with Crippen LogP contribution >= 0.6 is 0 Å². The van der Waals surface area contributed by atoms with E-state index >= 15 is 0 Å². The molecule has 0 aliphatic carbocycles. The molecular weight excluding hydrogens is 346 g/mol. The standard InChI is InChI=1S/C19H15N5O3/c25-16-7-6-14(18(26)20-16)24-10-12-9-11(4-5-13(12)19(24)27)17-22-21-15-3-1-2-8-23(15)17/h1-5,8-9,14H,6-7,10H2,(H,20,25,26). The van der Waals surface area contributed by atoms with Gasteiger partial charge in [-0.1, -0.05) is 12.1 Å². The van der Waals surface area contributed by atoms with Gasteiger partial charge in [-0.05, 0) is 36.2 Å². The molecule has 0 bridgehead atoms. The van der Waals surface area contributed by atoms with Crippen molar-refractivity contribution in [1.29, 1.82) is 0 Å². The monoisotopic (exact) mass is 361 g/mol. The van der Waals surface area contributed by atoms with E-state index in [0.29, 0.717) is 24.4 Å². The summed E-state index contributed by atoms with van der Waals surface area (Å²) >= 11 is 0. The zero-order valence-corrected chi connectivity index (χ0v) is 14.3. The molecule has 134 valence electrons. The number of hydrogen-bond acceptors (Lipinski definition) is 5. The molecule has 3 aromatic rings. The second-order valence-corrected chi connectivity index (χ2v) is 6.72. The van der Waals surface area contributed by atoms with Gasteiger partial charge in [0.1, 0.15) is 6.04 Å². The molecule has 8 nitrogen and oxygen atoms in total. The van der Waals surface area contributed by atoms with Gasteiger partial charge < -0.3 is 4.90 Å². The van der Waals surface area contributed by atoms with Gasteiger partial charge in [0, 0.05) is 30.3 Å². The fraction of sp³-hybridized carbons (Fsp3) is 0.211. The zero-order valence-electron chi connectivity index (χ0n) is 14.3. The fourth-order valence-electron chi connectivity index (χ4n) is 3.75. The molecular formula is C19H15N5O3. The predicted molar refractivity (Wildman–Crippen MR) is 94.5 cm³/mol. The number of piperidine rings is 1. The molecule has 2 aromatic heterocycles. The smallest absolute Gasteiger partial charge is 0.255 e. The Morgan fingerprint density at radius 2 is 1.96 bits per heavy atom. The quantitative estimate of drug-likeness (QED) is 0.691. The van der Waals surface area contributed by atoms with Crippen LogP contribution in [0.15, 0.2) is 42.6 Å². The number of imide groups is 1. The topological polar surface area (TPSA) is 96.7 Å². The molecule has 0 saturated carbocycles. The van der Waals surface area contributed by atoms with Crippen LogP contribution in [-0.4, -0.2) is 43.3 Å². The van der Waals surface area contributed by atoms with Gasteiger partial charge in [-0.25, -0.2) is 0 Å². The van der Waals surface area contributed by atoms with Crippen LogP contribution in [0.5, 0.6) is 0 Å². The van der Waals surface area contributed by atoms with Crippen molar-refractivity contribution < 1.29 is 14.4 Å². The lowest BCUT2D eigenvalue weighted by Gasteiger charge is -2.29. The molecule has 1 fully saturated rings. The summed E-state index contributed by atoms with van der Waals surface area (Å²) in [6, 6.07) is 10.6. The SMILES string of the molecule is O=C1CCC(N2Cc3cc(-c4nnc5ccccn45)ccc3C2=O)C(=O)N1. The first-order valence-corrected chi connectivity index (χ1v) is 8.69. The van der Waals surface area contributed by atoms with Crippen LogP contribution in [-0.2, 0) is 16.1 Å². The summed E-state index contributed by atoms with van der Waals surface area (Å²) in [5.74, 6) is -0.185. The maximum absolute atomic E-state index is 12.8. The van der Waals surface area contributed by atoms with Gasteiger partial charge in [-0.3, -0.25) is 24.1 Å². The highest BCUT2D eigenvalue weighted by Gasteiger charge is 2.39. The third-order valence-electron chi connectivity index (χ3n) is 5.10. The highest BCUT2D eigenvalue weighted by Crippen LogP contribution is 2.30. The minimum Gasteiger partial charge on any atom is -0.322 e. The number of amides is 3. The summed E-state index contributed by atoms with van der Waals surface area (Å²) in [6.45, 7) is 0.338. The van der Waals surface area contributed by atoms with Crippen molar-refractivity contribution in [1.82, 2.24) is 24.8 Å². The van der Waals surface area contributed by atoms with E-state index in [1.54, 1.807) is 6.07 Å². The summed E-state index contributed by atoms with van der Waals surface area (Å²) < 4.78 is 1.89. The molecule has 5 rings (SSSR count). The molecule has 1 aromatic carbocycles. The lowest BCUT2D eigenvalue weighted by Crippen LogP contribution is -2.52. The Hall–Kier alpha value is -3.55. The van der Waals surface area contributed by atoms with E-state index in [9.17, 15) is 14.4 Å². The molecule has 0 radical (unpaired) electrons. The average molecular weight is 361 g/mol. The van der Waals surface area contributed by atoms with E-state index in [1.165, 1.54) is 4.90 Å². The minimum atomic E-state index is -0.611. The molecule has 1 saturated heterocycles. The molecule has 1 unspecified atom stereocenters. The van der Waals surface area contributed by atoms with E-state index in [1.807, 2.05) is 40.9 Å². The van der Waals surface area contributed by atoms with Crippen molar-refractivity contribution in [2.45, 2.75) is 25.4 Å². The molecule has 2 aliphatic heterocycles. The second kappa shape index (κ2) is 5.73. The molecule has 27 heavy (non-hydrogen) atoms. The number of hydrogen-bond donors (Lipinski definition) is 1. The van der Waals surface area contributed by atoms with Gasteiger partial charge in [-0.15, -0.1) is 10.2 Å². The predicted octanol–water partition coefficient (Wildman–Crippen LogP) is 1.16. The van der Waals surface area contributed by atoms with Crippen LogP contribution in [0.25, 0.3) is 17.0 Å². The Morgan fingerprint density at radius 3 is 2.81 bits per heavy atom. The number of nitrogens with zero attached hydrogens (tertiary/aromatic N) is 4. The Kier molecular flexibility index (Phi) is 3.33. The Bertz CT molecular complexity index is 1120. The molecule has 8 heteroatoms. The van der Waals surface area contributed by atoms with Crippen LogP contribution in [0.3, 0.4) is 0 Å². The third-order valence-corrected chi connectivity index (χ3v) is 5.10. The summed E-state index contributed by atoms with van der Waals surface area (Å²) in [5.41, 5.74) is 3.02. The van der Waals surface area contributed by atoms with Crippen molar-refractivity contribution in [2.75, 3.05) is 0 Å².